The highest BCUT2D eigenvalue weighted by Gasteiger charge is 2.60. The van der Waals surface area contributed by atoms with Gasteiger partial charge in [-0.15, -0.1) is 0 Å². The number of benzene rings is 2. The first-order valence-corrected chi connectivity index (χ1v) is 12.2. The zero-order chi connectivity index (χ0) is 24.9. The molecule has 1 saturated carbocycles. The van der Waals surface area contributed by atoms with Crippen LogP contribution in [0.3, 0.4) is 0 Å². The van der Waals surface area contributed by atoms with Gasteiger partial charge in [-0.1, -0.05) is 23.2 Å². The van der Waals surface area contributed by atoms with Crippen LogP contribution in [0.1, 0.15) is 26.2 Å². The van der Waals surface area contributed by atoms with Crippen LogP contribution >= 0.6 is 23.2 Å². The summed E-state index contributed by atoms with van der Waals surface area (Å²) in [4.78, 5) is 30.6. The van der Waals surface area contributed by atoms with Crippen molar-refractivity contribution >= 4 is 46.0 Å². The number of pyridine rings is 1. The van der Waals surface area contributed by atoms with Gasteiger partial charge in [0.05, 0.1) is 21.5 Å². The number of carbonyl (C=O) groups is 2. The molecule has 1 N–H and O–H groups in total. The Morgan fingerprint density at radius 2 is 1.97 bits per heavy atom. The number of halogens is 3. The minimum atomic E-state index is -0.783. The van der Waals surface area contributed by atoms with Crippen LogP contribution in [0.15, 0.2) is 42.6 Å². The lowest BCUT2D eigenvalue weighted by atomic mass is 9.92. The van der Waals surface area contributed by atoms with Crippen molar-refractivity contribution in [1.29, 1.82) is 0 Å². The van der Waals surface area contributed by atoms with Crippen molar-refractivity contribution < 1.29 is 23.8 Å². The summed E-state index contributed by atoms with van der Waals surface area (Å²) in [5, 5.41) is 10.5. The molecule has 5 rings (SSSR count). The second-order valence-corrected chi connectivity index (χ2v) is 10.2. The molecule has 0 bridgehead atoms. The van der Waals surface area contributed by atoms with E-state index in [1.54, 1.807) is 42.3 Å². The molecule has 2 aliphatic rings. The van der Waals surface area contributed by atoms with Gasteiger partial charge in [-0.2, -0.15) is 0 Å². The monoisotopic (exact) mass is 516 g/mol. The SMILES string of the molecule is C[C@@H](Oc1ccc2c(-c3c(Cl)cc(F)cc3Cl)ccnc2c1)C(=O)N1CCCC2(CC2C(=O)O)C1. The molecule has 2 unspecified atom stereocenters. The Hall–Kier alpha value is -2.90. The van der Waals surface area contributed by atoms with E-state index in [-0.39, 0.29) is 27.3 Å². The standard InChI is InChI=1S/C26H23Cl2FN2O4/c1-14(24(32)31-8-2-6-26(13-31)12-19(26)25(33)34)35-16-3-4-17-18(5-7-30-22(17)11-16)23-20(27)9-15(29)10-21(23)28/h3-5,7,9-11,14,19H,2,6,8,12-13H2,1H3,(H,33,34)/t14-,19?,26?/m1/s1. The Kier molecular flexibility index (Phi) is 6.09. The van der Waals surface area contributed by atoms with Crippen LogP contribution in [0, 0.1) is 17.2 Å². The quantitative estimate of drug-likeness (QED) is 0.461. The van der Waals surface area contributed by atoms with Crippen LogP contribution < -0.4 is 4.74 Å². The fourth-order valence-corrected chi connectivity index (χ4v) is 5.89. The van der Waals surface area contributed by atoms with E-state index in [4.69, 9.17) is 27.9 Å². The summed E-state index contributed by atoms with van der Waals surface area (Å²) in [5.41, 5.74) is 1.54. The second-order valence-electron chi connectivity index (χ2n) is 9.36. The van der Waals surface area contributed by atoms with Gasteiger partial charge in [0.1, 0.15) is 11.6 Å². The summed E-state index contributed by atoms with van der Waals surface area (Å²) in [6, 6.07) is 9.45. The summed E-state index contributed by atoms with van der Waals surface area (Å²) in [7, 11) is 0. The third-order valence-corrected chi connectivity index (χ3v) is 7.66. The van der Waals surface area contributed by atoms with Crippen LogP contribution in [-0.2, 0) is 9.59 Å². The van der Waals surface area contributed by atoms with Crippen molar-refractivity contribution in [2.75, 3.05) is 13.1 Å². The number of carboxylic acid groups (broad SMARTS) is 1. The highest BCUT2D eigenvalue weighted by atomic mass is 35.5. The van der Waals surface area contributed by atoms with E-state index >= 15 is 0 Å². The molecule has 3 aromatic rings. The molecule has 1 saturated heterocycles. The molecule has 2 heterocycles. The summed E-state index contributed by atoms with van der Waals surface area (Å²) >= 11 is 12.6. The molecule has 35 heavy (non-hydrogen) atoms. The van der Waals surface area contributed by atoms with E-state index in [0.717, 1.165) is 18.2 Å². The highest BCUT2D eigenvalue weighted by molar-refractivity contribution is 6.39. The summed E-state index contributed by atoms with van der Waals surface area (Å²) in [6.45, 7) is 2.75. The molecule has 1 aliphatic carbocycles. The fraction of sp³-hybridized carbons (Fsp3) is 0.346. The Morgan fingerprint density at radius 3 is 2.66 bits per heavy atom. The van der Waals surface area contributed by atoms with E-state index in [0.29, 0.717) is 41.9 Å². The molecule has 0 radical (unpaired) electrons. The maximum absolute atomic E-state index is 13.7. The number of rotatable bonds is 5. The molecule has 1 aromatic heterocycles. The smallest absolute Gasteiger partial charge is 0.307 e. The first-order chi connectivity index (χ1) is 16.7. The molecule has 9 heteroatoms. The second kappa shape index (κ2) is 8.95. The first-order valence-electron chi connectivity index (χ1n) is 11.4. The molecule has 6 nitrogen and oxygen atoms in total. The number of likely N-dealkylation sites (tertiary alicyclic amines) is 1. The number of piperidine rings is 1. The summed E-state index contributed by atoms with van der Waals surface area (Å²) in [5.74, 6) is -1.35. The lowest BCUT2D eigenvalue weighted by Crippen LogP contribution is -2.47. The maximum Gasteiger partial charge on any atom is 0.307 e. The Labute approximate surface area is 211 Å². The number of fused-ring (bicyclic) bond motifs is 1. The van der Waals surface area contributed by atoms with Crippen molar-refractivity contribution in [3.63, 3.8) is 0 Å². The van der Waals surface area contributed by atoms with Crippen LogP contribution in [0.4, 0.5) is 4.39 Å². The number of nitrogens with zero attached hydrogens (tertiary/aromatic N) is 2. The van der Waals surface area contributed by atoms with Crippen molar-refractivity contribution in [3.05, 3.63) is 58.5 Å². The van der Waals surface area contributed by atoms with Crippen LogP contribution in [0.25, 0.3) is 22.0 Å². The first kappa shape index (κ1) is 23.8. The van der Waals surface area contributed by atoms with E-state index in [1.165, 1.54) is 12.1 Å². The lowest BCUT2D eigenvalue weighted by Gasteiger charge is -2.35. The lowest BCUT2D eigenvalue weighted by molar-refractivity contribution is -0.143. The minimum absolute atomic E-state index is 0.160. The number of carbonyl (C=O) groups excluding carboxylic acids is 1. The number of hydrogen-bond acceptors (Lipinski definition) is 4. The van der Waals surface area contributed by atoms with Gasteiger partial charge in [0.25, 0.3) is 5.91 Å². The zero-order valence-corrected chi connectivity index (χ0v) is 20.4. The number of amides is 1. The van der Waals surface area contributed by atoms with Gasteiger partial charge >= 0.3 is 5.97 Å². The Balaban J connectivity index is 1.35. The zero-order valence-electron chi connectivity index (χ0n) is 18.9. The third kappa shape index (κ3) is 4.43. The van der Waals surface area contributed by atoms with Crippen LogP contribution in [-0.4, -0.2) is 46.1 Å². The molecule has 1 amide bonds. The molecule has 1 aliphatic heterocycles. The van der Waals surface area contributed by atoms with Gasteiger partial charge < -0.3 is 14.7 Å². The van der Waals surface area contributed by atoms with Gasteiger partial charge in [-0.3, -0.25) is 14.6 Å². The van der Waals surface area contributed by atoms with Gasteiger partial charge in [0.15, 0.2) is 6.10 Å². The minimum Gasteiger partial charge on any atom is -0.481 e. The Morgan fingerprint density at radius 1 is 1.23 bits per heavy atom. The normalized spacial score (nSPS) is 22.3. The third-order valence-electron chi connectivity index (χ3n) is 7.06. The average molecular weight is 517 g/mol. The van der Waals surface area contributed by atoms with E-state index in [1.807, 2.05) is 0 Å². The van der Waals surface area contributed by atoms with Gasteiger partial charge in [0, 0.05) is 41.7 Å². The topological polar surface area (TPSA) is 79.7 Å². The predicted molar refractivity (Wildman–Crippen MR) is 131 cm³/mol. The molecule has 1 spiro atoms. The van der Waals surface area contributed by atoms with Crippen molar-refractivity contribution in [3.8, 4) is 16.9 Å². The molecular weight excluding hydrogens is 494 g/mol. The van der Waals surface area contributed by atoms with Crippen molar-refractivity contribution in [2.24, 2.45) is 11.3 Å². The number of hydrogen-bond donors (Lipinski definition) is 1. The van der Waals surface area contributed by atoms with Crippen LogP contribution in [0.2, 0.25) is 10.0 Å². The molecular formula is C26H23Cl2FN2O4. The van der Waals surface area contributed by atoms with Crippen molar-refractivity contribution in [1.82, 2.24) is 9.88 Å². The molecule has 2 aromatic carbocycles. The largest absolute Gasteiger partial charge is 0.481 e. The molecule has 182 valence electrons. The number of aliphatic carboxylic acids is 1. The molecule has 3 atom stereocenters. The van der Waals surface area contributed by atoms with Gasteiger partial charge in [-0.25, -0.2) is 4.39 Å². The Bertz CT molecular complexity index is 1330. The van der Waals surface area contributed by atoms with Crippen molar-refractivity contribution in [2.45, 2.75) is 32.3 Å². The number of carboxylic acids is 1. The summed E-state index contributed by atoms with van der Waals surface area (Å²) in [6.07, 6.45) is 3.12. The van der Waals surface area contributed by atoms with E-state index in [9.17, 15) is 19.1 Å². The molecule has 2 fully saturated rings. The van der Waals surface area contributed by atoms with Crippen LogP contribution in [0.5, 0.6) is 5.75 Å². The number of ether oxygens (including phenoxy) is 1. The maximum atomic E-state index is 13.7. The average Bonchev–Trinajstić information content (AvgIpc) is 3.50. The predicted octanol–water partition coefficient (Wildman–Crippen LogP) is 5.83. The van der Waals surface area contributed by atoms with E-state index in [2.05, 4.69) is 4.98 Å². The van der Waals surface area contributed by atoms with Gasteiger partial charge in [-0.05, 0) is 62.1 Å². The fourth-order valence-electron chi connectivity index (χ4n) is 5.23. The summed E-state index contributed by atoms with van der Waals surface area (Å²) < 4.78 is 19.6. The van der Waals surface area contributed by atoms with E-state index < -0.39 is 17.9 Å². The van der Waals surface area contributed by atoms with Gasteiger partial charge in [0.2, 0.25) is 0 Å². The highest BCUT2D eigenvalue weighted by Crippen LogP contribution is 2.58. The number of aromatic nitrogens is 1.